The molecule has 0 saturated carbocycles. The van der Waals surface area contributed by atoms with Crippen LogP contribution >= 0.6 is 24.0 Å². The number of piperidine rings is 1. The molecule has 1 aromatic carbocycles. The van der Waals surface area contributed by atoms with Gasteiger partial charge < -0.3 is 5.32 Å². The van der Waals surface area contributed by atoms with Crippen molar-refractivity contribution in [2.75, 3.05) is 6.54 Å². The first kappa shape index (κ1) is 11.8. The van der Waals surface area contributed by atoms with Crippen LogP contribution in [0.4, 0.5) is 0 Å². The summed E-state index contributed by atoms with van der Waals surface area (Å²) < 4.78 is 0. The average Bonchev–Trinajstić information content (AvgIpc) is 2.20. The Balaban J connectivity index is 0.000000980. The van der Waals surface area contributed by atoms with Crippen LogP contribution in [-0.2, 0) is 0 Å². The van der Waals surface area contributed by atoms with Crippen molar-refractivity contribution < 1.29 is 0 Å². The van der Waals surface area contributed by atoms with Crippen molar-refractivity contribution >= 4 is 24.0 Å². The standard InChI is InChI=1S/C11H14ClN.ClH/c12-10-6-2-1-5-9(10)11-7-3-4-8-13-11;/h1-2,5-6,11,13H,3-4,7-8H2;1H/t11-;/m1./s1. The quantitative estimate of drug-likeness (QED) is 0.780. The van der Waals surface area contributed by atoms with Gasteiger partial charge in [-0.2, -0.15) is 0 Å². The molecule has 1 fully saturated rings. The van der Waals surface area contributed by atoms with Crippen LogP contribution in [0.15, 0.2) is 24.3 Å². The molecule has 0 bridgehead atoms. The molecule has 1 atom stereocenters. The van der Waals surface area contributed by atoms with Gasteiger partial charge in [0, 0.05) is 11.1 Å². The predicted octanol–water partition coefficient (Wildman–Crippen LogP) is 3.58. The summed E-state index contributed by atoms with van der Waals surface area (Å²) >= 11 is 6.12. The van der Waals surface area contributed by atoms with Crippen molar-refractivity contribution in [3.8, 4) is 0 Å². The molecule has 0 amide bonds. The molecule has 1 heterocycles. The minimum atomic E-state index is 0. The molecular weight excluding hydrogens is 217 g/mol. The minimum absolute atomic E-state index is 0. The number of halogens is 2. The maximum absolute atomic E-state index is 6.12. The van der Waals surface area contributed by atoms with E-state index >= 15 is 0 Å². The summed E-state index contributed by atoms with van der Waals surface area (Å²) in [6.07, 6.45) is 3.81. The number of benzene rings is 1. The largest absolute Gasteiger partial charge is 0.310 e. The first-order chi connectivity index (χ1) is 6.38. The van der Waals surface area contributed by atoms with Crippen molar-refractivity contribution in [3.05, 3.63) is 34.9 Å². The molecule has 1 nitrogen and oxygen atoms in total. The highest BCUT2D eigenvalue weighted by molar-refractivity contribution is 6.31. The molecule has 0 unspecified atom stereocenters. The van der Waals surface area contributed by atoms with E-state index in [9.17, 15) is 0 Å². The van der Waals surface area contributed by atoms with Crippen LogP contribution in [0.1, 0.15) is 30.9 Å². The third-order valence-corrected chi connectivity index (χ3v) is 2.94. The molecule has 0 aromatic heterocycles. The Morgan fingerprint density at radius 1 is 1.21 bits per heavy atom. The molecule has 0 aliphatic carbocycles. The van der Waals surface area contributed by atoms with Gasteiger partial charge >= 0.3 is 0 Å². The van der Waals surface area contributed by atoms with Crippen LogP contribution in [0, 0.1) is 0 Å². The van der Waals surface area contributed by atoms with Gasteiger partial charge in [0.1, 0.15) is 0 Å². The zero-order valence-electron chi connectivity index (χ0n) is 8.00. The molecule has 2 rings (SSSR count). The summed E-state index contributed by atoms with van der Waals surface area (Å²) in [5, 5.41) is 4.38. The Labute approximate surface area is 96.3 Å². The molecule has 3 heteroatoms. The summed E-state index contributed by atoms with van der Waals surface area (Å²) in [6.45, 7) is 1.12. The van der Waals surface area contributed by atoms with E-state index in [1.807, 2.05) is 12.1 Å². The number of nitrogens with one attached hydrogen (secondary N) is 1. The van der Waals surface area contributed by atoms with Crippen molar-refractivity contribution in [2.24, 2.45) is 0 Å². The van der Waals surface area contributed by atoms with Gasteiger partial charge in [-0.15, -0.1) is 12.4 Å². The van der Waals surface area contributed by atoms with Gasteiger partial charge in [-0.1, -0.05) is 36.2 Å². The fraction of sp³-hybridized carbons (Fsp3) is 0.455. The van der Waals surface area contributed by atoms with E-state index in [0.29, 0.717) is 6.04 Å². The second-order valence-corrected chi connectivity index (χ2v) is 3.93. The first-order valence-corrected chi connectivity index (χ1v) is 5.23. The maximum atomic E-state index is 6.12. The van der Waals surface area contributed by atoms with Crippen LogP contribution in [0.25, 0.3) is 0 Å². The highest BCUT2D eigenvalue weighted by Crippen LogP contribution is 2.28. The number of rotatable bonds is 1. The zero-order valence-corrected chi connectivity index (χ0v) is 9.57. The molecular formula is C11H15Cl2N. The first-order valence-electron chi connectivity index (χ1n) is 4.86. The van der Waals surface area contributed by atoms with Gasteiger partial charge in [-0.25, -0.2) is 0 Å². The van der Waals surface area contributed by atoms with E-state index in [-0.39, 0.29) is 12.4 Å². The van der Waals surface area contributed by atoms with Crippen LogP contribution in [0.3, 0.4) is 0 Å². The Bertz CT molecular complexity index is 282. The van der Waals surface area contributed by atoms with Gasteiger partial charge in [0.2, 0.25) is 0 Å². The van der Waals surface area contributed by atoms with Gasteiger partial charge in [-0.3, -0.25) is 0 Å². The summed E-state index contributed by atoms with van der Waals surface area (Å²) in [7, 11) is 0. The average molecular weight is 232 g/mol. The second-order valence-electron chi connectivity index (χ2n) is 3.52. The smallest absolute Gasteiger partial charge is 0.0453 e. The second kappa shape index (κ2) is 5.59. The molecule has 0 radical (unpaired) electrons. The summed E-state index contributed by atoms with van der Waals surface area (Å²) in [5.74, 6) is 0. The molecule has 1 aliphatic heterocycles. The van der Waals surface area contributed by atoms with E-state index in [4.69, 9.17) is 11.6 Å². The van der Waals surface area contributed by atoms with Crippen molar-refractivity contribution in [3.63, 3.8) is 0 Å². The molecule has 1 saturated heterocycles. The number of hydrogen-bond acceptors (Lipinski definition) is 1. The van der Waals surface area contributed by atoms with Crippen LogP contribution in [0.5, 0.6) is 0 Å². The minimum Gasteiger partial charge on any atom is -0.310 e. The number of hydrogen-bond donors (Lipinski definition) is 1. The van der Waals surface area contributed by atoms with E-state index in [2.05, 4.69) is 17.4 Å². The van der Waals surface area contributed by atoms with Gasteiger partial charge in [0.05, 0.1) is 0 Å². The monoisotopic (exact) mass is 231 g/mol. The molecule has 1 aliphatic rings. The van der Waals surface area contributed by atoms with Crippen molar-refractivity contribution in [2.45, 2.75) is 25.3 Å². The lowest BCUT2D eigenvalue weighted by Gasteiger charge is -2.24. The third kappa shape index (κ3) is 2.63. The third-order valence-electron chi connectivity index (χ3n) is 2.59. The topological polar surface area (TPSA) is 12.0 Å². The van der Waals surface area contributed by atoms with Crippen LogP contribution in [-0.4, -0.2) is 6.54 Å². The van der Waals surface area contributed by atoms with Gasteiger partial charge in [-0.05, 0) is 31.0 Å². The molecule has 1 aromatic rings. The van der Waals surface area contributed by atoms with E-state index in [1.165, 1.54) is 24.8 Å². The summed E-state index contributed by atoms with van der Waals surface area (Å²) in [5.41, 5.74) is 1.25. The molecule has 14 heavy (non-hydrogen) atoms. The van der Waals surface area contributed by atoms with E-state index < -0.39 is 0 Å². The summed E-state index contributed by atoms with van der Waals surface area (Å²) in [4.78, 5) is 0. The van der Waals surface area contributed by atoms with Crippen molar-refractivity contribution in [1.29, 1.82) is 0 Å². The maximum Gasteiger partial charge on any atom is 0.0453 e. The lowest BCUT2D eigenvalue weighted by Crippen LogP contribution is -2.26. The SMILES string of the molecule is Cl.Clc1ccccc1[C@H]1CCCCN1. The fourth-order valence-corrected chi connectivity index (χ4v) is 2.14. The van der Waals surface area contributed by atoms with Gasteiger partial charge in [0.25, 0.3) is 0 Å². The normalized spacial score (nSPS) is 21.4. The fourth-order valence-electron chi connectivity index (χ4n) is 1.87. The van der Waals surface area contributed by atoms with Crippen molar-refractivity contribution in [1.82, 2.24) is 5.32 Å². The Kier molecular flexibility index (Phi) is 4.73. The Morgan fingerprint density at radius 2 is 2.00 bits per heavy atom. The molecule has 78 valence electrons. The molecule has 0 spiro atoms. The van der Waals surface area contributed by atoms with Gasteiger partial charge in [0.15, 0.2) is 0 Å². The van der Waals surface area contributed by atoms with Crippen LogP contribution in [0.2, 0.25) is 5.02 Å². The highest BCUT2D eigenvalue weighted by atomic mass is 35.5. The lowest BCUT2D eigenvalue weighted by atomic mass is 9.98. The molecule has 1 N–H and O–H groups in total. The predicted molar refractivity (Wildman–Crippen MR) is 63.3 cm³/mol. The summed E-state index contributed by atoms with van der Waals surface area (Å²) in [6, 6.07) is 8.59. The van der Waals surface area contributed by atoms with E-state index in [1.54, 1.807) is 0 Å². The lowest BCUT2D eigenvalue weighted by molar-refractivity contribution is 0.412. The van der Waals surface area contributed by atoms with E-state index in [0.717, 1.165) is 11.6 Å². The Hall–Kier alpha value is -0.240. The highest BCUT2D eigenvalue weighted by Gasteiger charge is 2.16. The van der Waals surface area contributed by atoms with Crippen LogP contribution < -0.4 is 5.32 Å². The zero-order chi connectivity index (χ0) is 9.10. The Morgan fingerprint density at radius 3 is 2.64 bits per heavy atom.